The fourth-order valence-electron chi connectivity index (χ4n) is 3.50. The molecule has 6 heteroatoms. The maximum atomic E-state index is 12.3. The molecule has 1 aliphatic heterocycles. The molecule has 1 saturated carbocycles. The molecule has 29 heavy (non-hydrogen) atoms. The molecule has 0 aromatic heterocycles. The van der Waals surface area contributed by atoms with Gasteiger partial charge in [0.15, 0.2) is 0 Å². The standard InChI is InChI=1S/C23H27N3O3/c27-22(25-21-11-13-29-14-12-21)19-7-9-20(10-8-19)26-23(28)24-15-16-1-3-17(4-2-16)18-5-6-18/h1-4,7-10,18,21H,5-6,11-15H2,(H,25,27)(H2,24,26,28). The molecule has 2 fully saturated rings. The third-order valence-electron chi connectivity index (χ3n) is 5.44. The van der Waals surface area contributed by atoms with Crippen molar-refractivity contribution in [3.8, 4) is 0 Å². The minimum absolute atomic E-state index is 0.0949. The summed E-state index contributed by atoms with van der Waals surface area (Å²) in [4.78, 5) is 24.5. The van der Waals surface area contributed by atoms with Crippen molar-refractivity contribution < 1.29 is 14.3 Å². The summed E-state index contributed by atoms with van der Waals surface area (Å²) < 4.78 is 5.31. The van der Waals surface area contributed by atoms with Gasteiger partial charge in [0.2, 0.25) is 0 Å². The summed E-state index contributed by atoms with van der Waals surface area (Å²) in [6.07, 6.45) is 4.26. The van der Waals surface area contributed by atoms with E-state index in [1.807, 2.05) is 0 Å². The first-order valence-electron chi connectivity index (χ1n) is 10.3. The Bertz CT molecular complexity index is 839. The topological polar surface area (TPSA) is 79.5 Å². The van der Waals surface area contributed by atoms with Crippen LogP contribution in [0.5, 0.6) is 0 Å². The van der Waals surface area contributed by atoms with Crippen LogP contribution in [0.2, 0.25) is 0 Å². The SMILES string of the molecule is O=C(NCc1ccc(C2CC2)cc1)Nc1ccc(C(=O)NC2CCOCC2)cc1. The van der Waals surface area contributed by atoms with Gasteiger partial charge >= 0.3 is 6.03 Å². The number of anilines is 1. The summed E-state index contributed by atoms with van der Waals surface area (Å²) >= 11 is 0. The van der Waals surface area contributed by atoms with Gasteiger partial charge in [-0.25, -0.2) is 4.79 Å². The fourth-order valence-corrected chi connectivity index (χ4v) is 3.50. The Morgan fingerprint density at radius 1 is 0.897 bits per heavy atom. The molecule has 2 aliphatic rings. The van der Waals surface area contributed by atoms with Gasteiger partial charge in [-0.15, -0.1) is 0 Å². The highest BCUT2D eigenvalue weighted by Crippen LogP contribution is 2.39. The van der Waals surface area contributed by atoms with Crippen molar-refractivity contribution in [3.63, 3.8) is 0 Å². The van der Waals surface area contributed by atoms with Gasteiger partial charge in [0.25, 0.3) is 5.91 Å². The molecule has 4 rings (SSSR count). The van der Waals surface area contributed by atoms with E-state index >= 15 is 0 Å². The lowest BCUT2D eigenvalue weighted by molar-refractivity contribution is 0.0696. The summed E-state index contributed by atoms with van der Waals surface area (Å²) in [6, 6.07) is 15.3. The second-order valence-electron chi connectivity index (χ2n) is 7.76. The van der Waals surface area contributed by atoms with Gasteiger partial charge in [-0.3, -0.25) is 4.79 Å². The fraction of sp³-hybridized carbons (Fsp3) is 0.391. The lowest BCUT2D eigenvalue weighted by Gasteiger charge is -2.23. The van der Waals surface area contributed by atoms with Crippen LogP contribution >= 0.6 is 0 Å². The molecule has 3 N–H and O–H groups in total. The highest BCUT2D eigenvalue weighted by atomic mass is 16.5. The summed E-state index contributed by atoms with van der Waals surface area (Å²) in [7, 11) is 0. The van der Waals surface area contributed by atoms with Crippen molar-refractivity contribution in [2.75, 3.05) is 18.5 Å². The zero-order valence-electron chi connectivity index (χ0n) is 16.4. The van der Waals surface area contributed by atoms with E-state index in [1.54, 1.807) is 24.3 Å². The predicted octanol–water partition coefficient (Wildman–Crippen LogP) is 3.79. The number of benzene rings is 2. The number of carbonyl (C=O) groups excluding carboxylic acids is 2. The number of urea groups is 1. The van der Waals surface area contributed by atoms with Crippen LogP contribution in [0.25, 0.3) is 0 Å². The van der Waals surface area contributed by atoms with E-state index in [4.69, 9.17) is 4.74 Å². The van der Waals surface area contributed by atoms with E-state index in [1.165, 1.54) is 18.4 Å². The molecular weight excluding hydrogens is 366 g/mol. The number of nitrogens with one attached hydrogen (secondary N) is 3. The van der Waals surface area contributed by atoms with Crippen LogP contribution in [0.15, 0.2) is 48.5 Å². The van der Waals surface area contributed by atoms with Gasteiger partial charge in [0.1, 0.15) is 0 Å². The molecular formula is C23H27N3O3. The van der Waals surface area contributed by atoms with Gasteiger partial charge in [-0.1, -0.05) is 24.3 Å². The second kappa shape index (κ2) is 9.09. The highest BCUT2D eigenvalue weighted by molar-refractivity contribution is 5.95. The highest BCUT2D eigenvalue weighted by Gasteiger charge is 2.22. The molecule has 1 aliphatic carbocycles. The van der Waals surface area contributed by atoms with Crippen molar-refractivity contribution in [3.05, 3.63) is 65.2 Å². The molecule has 6 nitrogen and oxygen atoms in total. The van der Waals surface area contributed by atoms with Crippen LogP contribution in [-0.2, 0) is 11.3 Å². The Balaban J connectivity index is 1.23. The van der Waals surface area contributed by atoms with Crippen molar-refractivity contribution in [1.29, 1.82) is 0 Å². The third-order valence-corrected chi connectivity index (χ3v) is 5.44. The monoisotopic (exact) mass is 393 g/mol. The number of hydrogen-bond donors (Lipinski definition) is 3. The Kier molecular flexibility index (Phi) is 6.10. The lowest BCUT2D eigenvalue weighted by atomic mass is 10.1. The van der Waals surface area contributed by atoms with Crippen LogP contribution < -0.4 is 16.0 Å². The number of hydrogen-bond acceptors (Lipinski definition) is 3. The van der Waals surface area contributed by atoms with Crippen LogP contribution in [0.4, 0.5) is 10.5 Å². The molecule has 0 atom stereocenters. The molecule has 0 bridgehead atoms. The molecule has 1 heterocycles. The summed E-state index contributed by atoms with van der Waals surface area (Å²) in [6.45, 7) is 1.85. The largest absolute Gasteiger partial charge is 0.381 e. The first-order valence-corrected chi connectivity index (χ1v) is 10.3. The molecule has 2 aromatic rings. The van der Waals surface area contributed by atoms with E-state index in [0.29, 0.717) is 31.0 Å². The number of carbonyl (C=O) groups is 2. The first kappa shape index (κ1) is 19.5. The van der Waals surface area contributed by atoms with E-state index in [9.17, 15) is 9.59 Å². The van der Waals surface area contributed by atoms with Crippen LogP contribution in [0.3, 0.4) is 0 Å². The van der Waals surface area contributed by atoms with Crippen LogP contribution in [0.1, 0.15) is 53.1 Å². The maximum absolute atomic E-state index is 12.3. The van der Waals surface area contributed by atoms with Crippen molar-refractivity contribution >= 4 is 17.6 Å². The molecule has 1 saturated heterocycles. The van der Waals surface area contributed by atoms with Gasteiger partial charge in [-0.2, -0.15) is 0 Å². The van der Waals surface area contributed by atoms with Gasteiger partial charge in [-0.05, 0) is 67.0 Å². The predicted molar refractivity (Wildman–Crippen MR) is 112 cm³/mol. The van der Waals surface area contributed by atoms with Crippen molar-refractivity contribution in [1.82, 2.24) is 10.6 Å². The van der Waals surface area contributed by atoms with Gasteiger partial charge in [0.05, 0.1) is 0 Å². The Morgan fingerprint density at radius 2 is 1.59 bits per heavy atom. The number of rotatable bonds is 6. The quantitative estimate of drug-likeness (QED) is 0.698. The Labute approximate surface area is 171 Å². The summed E-state index contributed by atoms with van der Waals surface area (Å²) in [5, 5.41) is 8.69. The number of amides is 3. The minimum atomic E-state index is -0.268. The van der Waals surface area contributed by atoms with E-state index in [0.717, 1.165) is 24.3 Å². The molecule has 0 unspecified atom stereocenters. The zero-order chi connectivity index (χ0) is 20.1. The Hall–Kier alpha value is -2.86. The second-order valence-corrected chi connectivity index (χ2v) is 7.76. The first-order chi connectivity index (χ1) is 14.2. The van der Waals surface area contributed by atoms with Crippen LogP contribution in [-0.4, -0.2) is 31.2 Å². The van der Waals surface area contributed by atoms with E-state index in [2.05, 4.69) is 40.2 Å². The summed E-state index contributed by atoms with van der Waals surface area (Å²) in [5.74, 6) is 0.643. The normalized spacial score (nSPS) is 16.8. The van der Waals surface area contributed by atoms with Gasteiger partial charge in [0, 0.05) is 37.1 Å². The third kappa shape index (κ3) is 5.57. The van der Waals surface area contributed by atoms with E-state index in [-0.39, 0.29) is 18.0 Å². The molecule has 152 valence electrons. The van der Waals surface area contributed by atoms with Gasteiger partial charge < -0.3 is 20.7 Å². The molecule has 3 amide bonds. The molecule has 0 spiro atoms. The Morgan fingerprint density at radius 3 is 2.24 bits per heavy atom. The van der Waals surface area contributed by atoms with Crippen molar-refractivity contribution in [2.24, 2.45) is 0 Å². The van der Waals surface area contributed by atoms with Crippen molar-refractivity contribution in [2.45, 2.75) is 44.2 Å². The smallest absolute Gasteiger partial charge is 0.319 e. The average Bonchev–Trinajstić information content (AvgIpc) is 3.59. The average molecular weight is 393 g/mol. The summed E-state index contributed by atoms with van der Waals surface area (Å²) in [5.41, 5.74) is 3.69. The minimum Gasteiger partial charge on any atom is -0.381 e. The molecule has 0 radical (unpaired) electrons. The zero-order valence-corrected chi connectivity index (χ0v) is 16.4. The molecule has 2 aromatic carbocycles. The van der Waals surface area contributed by atoms with E-state index < -0.39 is 0 Å². The number of ether oxygens (including phenoxy) is 1. The van der Waals surface area contributed by atoms with Crippen LogP contribution in [0, 0.1) is 0 Å². The maximum Gasteiger partial charge on any atom is 0.319 e. The lowest BCUT2D eigenvalue weighted by Crippen LogP contribution is -2.38.